The normalized spacial score (nSPS) is 11.7. The van der Waals surface area contributed by atoms with Crippen molar-refractivity contribution in [1.82, 2.24) is 4.98 Å². The molecule has 3 nitrogen and oxygen atoms in total. The highest BCUT2D eigenvalue weighted by Gasteiger charge is 2.13. The number of aromatic nitrogens is 2. The molecule has 0 spiro atoms. The summed E-state index contributed by atoms with van der Waals surface area (Å²) in [4.78, 5) is 4.26. The summed E-state index contributed by atoms with van der Waals surface area (Å²) in [5.74, 6) is 0.213. The van der Waals surface area contributed by atoms with E-state index in [1.54, 1.807) is 23.6 Å². The van der Waals surface area contributed by atoms with Crippen molar-refractivity contribution in [2.24, 2.45) is 7.05 Å². The van der Waals surface area contributed by atoms with Crippen molar-refractivity contribution in [2.75, 3.05) is 0 Å². The van der Waals surface area contributed by atoms with Crippen LogP contribution in [0.4, 0.5) is 0 Å². The molecule has 0 unspecified atom stereocenters. The van der Waals surface area contributed by atoms with Gasteiger partial charge in [0.1, 0.15) is 23.0 Å². The maximum atomic E-state index is 9.93. The zero-order valence-corrected chi connectivity index (χ0v) is 13.4. The van der Waals surface area contributed by atoms with E-state index in [0.29, 0.717) is 5.52 Å². The summed E-state index contributed by atoms with van der Waals surface area (Å²) in [6, 6.07) is 15.9. The van der Waals surface area contributed by atoms with Gasteiger partial charge in [0.2, 0.25) is 5.52 Å². The number of para-hydroxylation sites is 1. The molecule has 2 aromatic carbocycles. The molecule has 4 aromatic rings. The third-order valence-corrected chi connectivity index (χ3v) is 5.14. The first-order chi connectivity index (χ1) is 11.2. The lowest BCUT2D eigenvalue weighted by Crippen LogP contribution is -2.28. The lowest BCUT2D eigenvalue weighted by molar-refractivity contribution is -0.642. The minimum absolute atomic E-state index is 0.213. The lowest BCUT2D eigenvalue weighted by atomic mass is 10.1. The number of thiazole rings is 1. The van der Waals surface area contributed by atoms with Crippen molar-refractivity contribution in [3.63, 3.8) is 0 Å². The number of hydrogen-bond donors (Lipinski definition) is 1. The smallest absolute Gasteiger partial charge is 0.262 e. The van der Waals surface area contributed by atoms with E-state index >= 15 is 0 Å². The average Bonchev–Trinajstić information content (AvgIpc) is 2.91. The van der Waals surface area contributed by atoms with Crippen LogP contribution in [0.1, 0.15) is 10.6 Å². The molecule has 4 heteroatoms. The van der Waals surface area contributed by atoms with Gasteiger partial charge in [0.15, 0.2) is 0 Å². The van der Waals surface area contributed by atoms with Gasteiger partial charge in [-0.05, 0) is 29.8 Å². The molecule has 0 radical (unpaired) electrons. The van der Waals surface area contributed by atoms with E-state index in [4.69, 9.17) is 0 Å². The standard InChI is InChI=1S/C19H14N2OS/c1-21-15-6-2-3-7-17(15)23-18(21)11-9-13-8-10-16(22)19-14(13)5-4-12-20-19/h2-12H,1H3/p+1. The van der Waals surface area contributed by atoms with Gasteiger partial charge in [0.05, 0.1) is 0 Å². The molecule has 23 heavy (non-hydrogen) atoms. The Kier molecular flexibility index (Phi) is 3.32. The number of phenols is 1. The number of pyridine rings is 1. The zero-order chi connectivity index (χ0) is 15.8. The SMILES string of the molecule is C[n+]1c(/C=C/c2ccc(O)c3ncccc23)sc2ccccc21. The molecular weight excluding hydrogens is 304 g/mol. The van der Waals surface area contributed by atoms with Crippen LogP contribution in [-0.4, -0.2) is 10.1 Å². The van der Waals surface area contributed by atoms with Crippen LogP contribution in [0.2, 0.25) is 0 Å². The minimum atomic E-state index is 0.213. The molecule has 0 aliphatic carbocycles. The molecule has 2 heterocycles. The van der Waals surface area contributed by atoms with Crippen molar-refractivity contribution in [3.05, 3.63) is 65.3 Å². The van der Waals surface area contributed by atoms with Crippen LogP contribution in [0, 0.1) is 0 Å². The van der Waals surface area contributed by atoms with Crippen LogP contribution >= 0.6 is 11.3 Å². The van der Waals surface area contributed by atoms with Crippen LogP contribution in [0.15, 0.2) is 54.7 Å². The second kappa shape index (κ2) is 5.48. The molecule has 0 aliphatic rings. The second-order valence-electron chi connectivity index (χ2n) is 5.37. The molecule has 0 bridgehead atoms. The lowest BCUT2D eigenvalue weighted by Gasteiger charge is -2.02. The van der Waals surface area contributed by atoms with Crippen molar-refractivity contribution in [2.45, 2.75) is 0 Å². The average molecular weight is 319 g/mol. The molecule has 2 aromatic heterocycles. The van der Waals surface area contributed by atoms with Crippen LogP contribution < -0.4 is 4.57 Å². The first kappa shape index (κ1) is 13.9. The van der Waals surface area contributed by atoms with Crippen molar-refractivity contribution in [1.29, 1.82) is 0 Å². The molecule has 0 saturated heterocycles. The summed E-state index contributed by atoms with van der Waals surface area (Å²) in [7, 11) is 2.08. The number of aromatic hydroxyl groups is 1. The molecule has 4 rings (SSSR count). The van der Waals surface area contributed by atoms with Crippen molar-refractivity contribution >= 4 is 44.6 Å². The number of fused-ring (bicyclic) bond motifs is 2. The van der Waals surface area contributed by atoms with Crippen LogP contribution in [0.25, 0.3) is 33.3 Å². The Bertz CT molecular complexity index is 1050. The highest BCUT2D eigenvalue weighted by atomic mass is 32.1. The van der Waals surface area contributed by atoms with Gasteiger partial charge in [-0.25, -0.2) is 0 Å². The first-order valence-corrected chi connectivity index (χ1v) is 8.18. The molecule has 0 aliphatic heterocycles. The van der Waals surface area contributed by atoms with E-state index in [0.717, 1.165) is 10.9 Å². The van der Waals surface area contributed by atoms with E-state index in [-0.39, 0.29) is 5.75 Å². The Morgan fingerprint density at radius 1 is 1.04 bits per heavy atom. The van der Waals surface area contributed by atoms with E-state index < -0.39 is 0 Å². The Balaban J connectivity index is 1.82. The maximum absolute atomic E-state index is 9.93. The number of aryl methyl sites for hydroxylation is 1. The predicted octanol–water partition coefficient (Wildman–Crippen LogP) is 4.15. The molecular formula is C19H15N2OS+. The number of phenolic OH excluding ortho intramolecular Hbond substituents is 1. The van der Waals surface area contributed by atoms with Crippen LogP contribution in [-0.2, 0) is 7.05 Å². The summed E-state index contributed by atoms with van der Waals surface area (Å²) in [5.41, 5.74) is 2.91. The first-order valence-electron chi connectivity index (χ1n) is 7.36. The Morgan fingerprint density at radius 2 is 1.91 bits per heavy atom. The van der Waals surface area contributed by atoms with Gasteiger partial charge in [-0.3, -0.25) is 4.98 Å². The van der Waals surface area contributed by atoms with Gasteiger partial charge < -0.3 is 5.11 Å². The molecule has 1 N–H and O–H groups in total. The summed E-state index contributed by atoms with van der Waals surface area (Å²) < 4.78 is 3.46. The van der Waals surface area contributed by atoms with E-state index in [1.165, 1.54) is 15.2 Å². The Hall–Kier alpha value is -2.72. The second-order valence-corrected chi connectivity index (χ2v) is 6.44. The number of nitrogens with zero attached hydrogens (tertiary/aromatic N) is 2. The van der Waals surface area contributed by atoms with E-state index in [2.05, 4.69) is 53.0 Å². The predicted molar refractivity (Wildman–Crippen MR) is 95.3 cm³/mol. The highest BCUT2D eigenvalue weighted by molar-refractivity contribution is 7.18. The third-order valence-electron chi connectivity index (χ3n) is 3.96. The van der Waals surface area contributed by atoms with Crippen LogP contribution in [0.5, 0.6) is 5.75 Å². The fourth-order valence-electron chi connectivity index (χ4n) is 2.75. The van der Waals surface area contributed by atoms with Gasteiger partial charge in [-0.15, -0.1) is 0 Å². The summed E-state index contributed by atoms with van der Waals surface area (Å²) in [6.07, 6.45) is 5.89. The van der Waals surface area contributed by atoms with Gasteiger partial charge >= 0.3 is 0 Å². The Labute approximate surface area is 137 Å². The molecule has 0 fully saturated rings. The monoisotopic (exact) mass is 319 g/mol. The summed E-state index contributed by atoms with van der Waals surface area (Å²) in [6.45, 7) is 0. The fourth-order valence-corrected chi connectivity index (χ4v) is 3.81. The third kappa shape index (κ3) is 2.37. The van der Waals surface area contributed by atoms with Gasteiger partial charge in [-0.2, -0.15) is 4.57 Å². The quantitative estimate of drug-likeness (QED) is 0.564. The number of hydrogen-bond acceptors (Lipinski definition) is 3. The molecule has 112 valence electrons. The Morgan fingerprint density at radius 3 is 2.78 bits per heavy atom. The van der Waals surface area contributed by atoms with E-state index in [1.807, 2.05) is 18.2 Å². The minimum Gasteiger partial charge on any atom is -0.506 e. The highest BCUT2D eigenvalue weighted by Crippen LogP contribution is 2.27. The fraction of sp³-hybridized carbons (Fsp3) is 0.0526. The molecule has 0 amide bonds. The number of benzene rings is 2. The van der Waals surface area contributed by atoms with Crippen molar-refractivity contribution < 1.29 is 9.67 Å². The van der Waals surface area contributed by atoms with Crippen LogP contribution in [0.3, 0.4) is 0 Å². The maximum Gasteiger partial charge on any atom is 0.262 e. The summed E-state index contributed by atoms with van der Waals surface area (Å²) in [5, 5.41) is 12.1. The van der Waals surface area contributed by atoms with E-state index in [9.17, 15) is 5.11 Å². The topological polar surface area (TPSA) is 37.0 Å². The van der Waals surface area contributed by atoms with Gasteiger partial charge in [0.25, 0.3) is 5.01 Å². The summed E-state index contributed by atoms with van der Waals surface area (Å²) >= 11 is 1.76. The largest absolute Gasteiger partial charge is 0.506 e. The zero-order valence-electron chi connectivity index (χ0n) is 12.6. The number of rotatable bonds is 2. The van der Waals surface area contributed by atoms with Gasteiger partial charge in [0, 0.05) is 23.7 Å². The molecule has 0 atom stereocenters. The van der Waals surface area contributed by atoms with Crippen molar-refractivity contribution in [3.8, 4) is 5.75 Å². The molecule has 0 saturated carbocycles. The van der Waals surface area contributed by atoms with Gasteiger partial charge in [-0.1, -0.05) is 35.6 Å².